The van der Waals surface area contributed by atoms with Crippen LogP contribution in [0.1, 0.15) is 0 Å². The molecular weight excluding hydrogens is 395 g/mol. The van der Waals surface area contributed by atoms with Crippen molar-refractivity contribution in [2.45, 2.75) is 18.5 Å². The second kappa shape index (κ2) is 8.28. The van der Waals surface area contributed by atoms with Gasteiger partial charge in [-0.1, -0.05) is 0 Å². The standard InChI is InChI=1S/C7H11F3N2.2C2HF3O2/c8-7(9,10)5-12-3-6(4-12)1-11-2-6;2*3-2(4,5)1(6)7/h11H,1-5H2;2*(H,6,7). The Morgan fingerprint density at radius 3 is 1.31 bits per heavy atom. The normalized spacial score (nSPS) is 19.1. The van der Waals surface area contributed by atoms with Crippen LogP contribution >= 0.6 is 0 Å². The first kappa shape index (κ1) is 24.2. The highest BCUT2D eigenvalue weighted by Crippen LogP contribution is 2.35. The molecule has 0 aromatic carbocycles. The summed E-state index contributed by atoms with van der Waals surface area (Å²) in [5, 5.41) is 17.3. The van der Waals surface area contributed by atoms with Crippen LogP contribution in [0.3, 0.4) is 0 Å². The number of aliphatic carboxylic acids is 2. The van der Waals surface area contributed by atoms with E-state index in [1.165, 1.54) is 4.90 Å². The van der Waals surface area contributed by atoms with Crippen LogP contribution in [0.2, 0.25) is 0 Å². The van der Waals surface area contributed by atoms with E-state index >= 15 is 0 Å². The lowest BCUT2D eigenvalue weighted by molar-refractivity contribution is -0.193. The number of nitrogens with zero attached hydrogens (tertiary/aromatic N) is 1. The molecule has 2 saturated heterocycles. The third kappa shape index (κ3) is 9.07. The van der Waals surface area contributed by atoms with Gasteiger partial charge in [0.05, 0.1) is 6.54 Å². The summed E-state index contributed by atoms with van der Waals surface area (Å²) in [6.07, 6.45) is -14.2. The molecule has 0 aromatic rings. The van der Waals surface area contributed by atoms with Crippen molar-refractivity contribution < 1.29 is 59.3 Å². The topological polar surface area (TPSA) is 89.9 Å². The minimum atomic E-state index is -5.08. The molecule has 0 saturated carbocycles. The van der Waals surface area contributed by atoms with Crippen LogP contribution in [0.4, 0.5) is 39.5 Å². The van der Waals surface area contributed by atoms with Crippen molar-refractivity contribution >= 4 is 11.9 Å². The van der Waals surface area contributed by atoms with Crippen molar-refractivity contribution in [1.82, 2.24) is 10.2 Å². The average Bonchev–Trinajstić information content (AvgIpc) is 2.28. The van der Waals surface area contributed by atoms with Crippen LogP contribution in [0.15, 0.2) is 0 Å². The number of hydrogen-bond acceptors (Lipinski definition) is 4. The Morgan fingerprint density at radius 1 is 0.846 bits per heavy atom. The minimum Gasteiger partial charge on any atom is -0.475 e. The van der Waals surface area contributed by atoms with E-state index in [0.29, 0.717) is 13.1 Å². The predicted molar refractivity (Wildman–Crippen MR) is 65.2 cm³/mol. The Morgan fingerprint density at radius 2 is 1.15 bits per heavy atom. The van der Waals surface area contributed by atoms with Crippen LogP contribution < -0.4 is 5.32 Å². The molecule has 2 heterocycles. The molecule has 6 nitrogen and oxygen atoms in total. The molecule has 2 aliphatic heterocycles. The number of halogens is 9. The Bertz CT molecular complexity index is 465. The van der Waals surface area contributed by atoms with Crippen LogP contribution in [0, 0.1) is 5.41 Å². The number of hydrogen-bond donors (Lipinski definition) is 3. The Balaban J connectivity index is 0.000000390. The second-order valence-electron chi connectivity index (χ2n) is 5.47. The number of alkyl halides is 9. The SMILES string of the molecule is FC(F)(F)CN1CC2(CNC2)C1.O=C(O)C(F)(F)F.O=C(O)C(F)(F)F. The van der Waals surface area contributed by atoms with Crippen molar-refractivity contribution in [2.24, 2.45) is 5.41 Å². The molecule has 1 spiro atoms. The van der Waals surface area contributed by atoms with Gasteiger partial charge in [-0.15, -0.1) is 0 Å². The summed E-state index contributed by atoms with van der Waals surface area (Å²) < 4.78 is 99.0. The highest BCUT2D eigenvalue weighted by molar-refractivity contribution is 5.73. The van der Waals surface area contributed by atoms with Crippen molar-refractivity contribution in [3.05, 3.63) is 0 Å². The third-order valence-electron chi connectivity index (χ3n) is 3.01. The Labute approximate surface area is 139 Å². The molecule has 154 valence electrons. The molecule has 3 N–H and O–H groups in total. The van der Waals surface area contributed by atoms with Gasteiger partial charge in [0, 0.05) is 31.6 Å². The number of carboxylic acids is 2. The maximum Gasteiger partial charge on any atom is 0.490 e. The zero-order valence-corrected chi connectivity index (χ0v) is 12.6. The monoisotopic (exact) mass is 408 g/mol. The second-order valence-corrected chi connectivity index (χ2v) is 5.47. The van der Waals surface area contributed by atoms with Gasteiger partial charge in [-0.2, -0.15) is 39.5 Å². The molecule has 0 atom stereocenters. The lowest BCUT2D eigenvalue weighted by Crippen LogP contribution is -2.71. The molecule has 0 amide bonds. The molecule has 0 radical (unpaired) electrons. The summed E-state index contributed by atoms with van der Waals surface area (Å²) in [5.41, 5.74) is 0.200. The van der Waals surface area contributed by atoms with E-state index < -0.39 is 37.0 Å². The molecule has 15 heteroatoms. The third-order valence-corrected chi connectivity index (χ3v) is 3.01. The lowest BCUT2D eigenvalue weighted by Gasteiger charge is -2.56. The number of likely N-dealkylation sites (tertiary alicyclic amines) is 1. The van der Waals surface area contributed by atoms with E-state index in [1.807, 2.05) is 0 Å². The quantitative estimate of drug-likeness (QED) is 0.573. The van der Waals surface area contributed by atoms with Crippen LogP contribution in [0.25, 0.3) is 0 Å². The molecule has 2 aliphatic rings. The molecule has 0 aromatic heterocycles. The first-order valence-electron chi connectivity index (χ1n) is 6.48. The van der Waals surface area contributed by atoms with Gasteiger partial charge in [0.15, 0.2) is 0 Å². The zero-order valence-electron chi connectivity index (χ0n) is 12.6. The fraction of sp³-hybridized carbons (Fsp3) is 0.818. The fourth-order valence-electron chi connectivity index (χ4n) is 1.97. The van der Waals surface area contributed by atoms with E-state index in [4.69, 9.17) is 19.8 Å². The number of nitrogens with one attached hydrogen (secondary N) is 1. The molecule has 0 aliphatic carbocycles. The van der Waals surface area contributed by atoms with Gasteiger partial charge in [0.2, 0.25) is 0 Å². The van der Waals surface area contributed by atoms with Crippen molar-refractivity contribution in [2.75, 3.05) is 32.7 Å². The van der Waals surface area contributed by atoms with Gasteiger partial charge in [-0.25, -0.2) is 9.59 Å². The first-order chi connectivity index (χ1) is 11.4. The molecule has 26 heavy (non-hydrogen) atoms. The average molecular weight is 408 g/mol. The highest BCUT2D eigenvalue weighted by atomic mass is 19.4. The van der Waals surface area contributed by atoms with Crippen molar-refractivity contribution in [3.63, 3.8) is 0 Å². The minimum absolute atomic E-state index is 0.200. The molecule has 2 fully saturated rings. The van der Waals surface area contributed by atoms with Crippen LogP contribution in [-0.2, 0) is 9.59 Å². The fourth-order valence-corrected chi connectivity index (χ4v) is 1.97. The molecular formula is C11H13F9N2O4. The molecule has 2 rings (SSSR count). The van der Waals surface area contributed by atoms with Gasteiger partial charge >= 0.3 is 30.5 Å². The molecule has 0 bridgehead atoms. The van der Waals surface area contributed by atoms with Gasteiger partial charge in [0.25, 0.3) is 0 Å². The summed E-state index contributed by atoms with van der Waals surface area (Å²) in [4.78, 5) is 19.3. The number of carboxylic acid groups (broad SMARTS) is 2. The van der Waals surface area contributed by atoms with Crippen LogP contribution in [-0.4, -0.2) is 78.3 Å². The van der Waals surface area contributed by atoms with Crippen LogP contribution in [0.5, 0.6) is 0 Å². The Hall–Kier alpha value is -1.77. The first-order valence-corrected chi connectivity index (χ1v) is 6.48. The van der Waals surface area contributed by atoms with E-state index in [9.17, 15) is 39.5 Å². The van der Waals surface area contributed by atoms with Crippen molar-refractivity contribution in [3.8, 4) is 0 Å². The zero-order chi connectivity index (χ0) is 21.0. The largest absolute Gasteiger partial charge is 0.490 e. The number of rotatable bonds is 1. The summed E-state index contributed by atoms with van der Waals surface area (Å²) in [7, 11) is 0. The lowest BCUT2D eigenvalue weighted by atomic mass is 9.74. The van der Waals surface area contributed by atoms with E-state index in [-0.39, 0.29) is 5.41 Å². The highest BCUT2D eigenvalue weighted by Gasteiger charge is 2.49. The Kier molecular flexibility index (Phi) is 7.72. The van der Waals surface area contributed by atoms with E-state index in [0.717, 1.165) is 13.1 Å². The van der Waals surface area contributed by atoms with Crippen molar-refractivity contribution in [1.29, 1.82) is 0 Å². The molecule has 0 unspecified atom stereocenters. The summed E-state index contributed by atoms with van der Waals surface area (Å²) in [5.74, 6) is -5.51. The summed E-state index contributed by atoms with van der Waals surface area (Å²) in [6, 6.07) is 0. The van der Waals surface area contributed by atoms with Gasteiger partial charge in [-0.05, 0) is 0 Å². The van der Waals surface area contributed by atoms with Gasteiger partial charge in [0.1, 0.15) is 0 Å². The predicted octanol–water partition coefficient (Wildman–Crippen LogP) is 1.72. The smallest absolute Gasteiger partial charge is 0.475 e. The van der Waals surface area contributed by atoms with Gasteiger partial charge in [-0.3, -0.25) is 4.90 Å². The summed E-state index contributed by atoms with van der Waals surface area (Å²) >= 11 is 0. The summed E-state index contributed by atoms with van der Waals surface area (Å²) in [6.45, 7) is 2.26. The van der Waals surface area contributed by atoms with E-state index in [1.54, 1.807) is 0 Å². The maximum absolute atomic E-state index is 11.8. The van der Waals surface area contributed by atoms with Gasteiger partial charge < -0.3 is 15.5 Å². The van der Waals surface area contributed by atoms with E-state index in [2.05, 4.69) is 5.32 Å². The maximum atomic E-state index is 11.8. The number of carbonyl (C=O) groups is 2.